The van der Waals surface area contributed by atoms with Gasteiger partial charge in [-0.05, 0) is 6.92 Å². The van der Waals surface area contributed by atoms with Crippen molar-refractivity contribution in [1.82, 2.24) is 5.32 Å². The van der Waals surface area contributed by atoms with Gasteiger partial charge in [-0.2, -0.15) is 0 Å². The number of hydrogen-bond acceptors (Lipinski definition) is 4. The first-order valence-electron chi connectivity index (χ1n) is 4.19. The highest BCUT2D eigenvalue weighted by molar-refractivity contribution is 5.89. The lowest BCUT2D eigenvalue weighted by molar-refractivity contribution is -0.145. The average molecular weight is 202 g/mol. The molecule has 0 aliphatic rings. The van der Waals surface area contributed by atoms with E-state index in [0.29, 0.717) is 0 Å². The summed E-state index contributed by atoms with van der Waals surface area (Å²) in [5, 5.41) is 2.25. The summed E-state index contributed by atoms with van der Waals surface area (Å²) in [5.74, 6) is -1.74. The molecule has 14 heavy (non-hydrogen) atoms. The molecule has 0 bridgehead atoms. The highest BCUT2D eigenvalue weighted by Crippen LogP contribution is 1.94. The number of ether oxygens (including phenoxy) is 1. The predicted molar refractivity (Wildman–Crippen MR) is 48.0 cm³/mol. The lowest BCUT2D eigenvalue weighted by Gasteiger charge is -2.12. The highest BCUT2D eigenvalue weighted by Gasteiger charge is 2.20. The van der Waals surface area contributed by atoms with E-state index in [0.717, 1.165) is 0 Å². The number of carbonyl (C=O) groups is 3. The molecule has 80 valence electrons. The van der Waals surface area contributed by atoms with Gasteiger partial charge < -0.3 is 15.8 Å². The minimum atomic E-state index is -0.994. The quantitative estimate of drug-likeness (QED) is 0.554. The Morgan fingerprint density at radius 3 is 2.36 bits per heavy atom. The summed E-state index contributed by atoms with van der Waals surface area (Å²) in [4.78, 5) is 32.4. The van der Waals surface area contributed by atoms with Gasteiger partial charge in [0.15, 0.2) is 0 Å². The molecule has 2 amide bonds. The predicted octanol–water partition coefficient (Wildman–Crippen LogP) is -1.07. The molecule has 1 atom stereocenters. The van der Waals surface area contributed by atoms with Crippen LogP contribution in [0, 0.1) is 0 Å². The van der Waals surface area contributed by atoms with Crippen molar-refractivity contribution in [2.45, 2.75) is 26.3 Å². The maximum Gasteiger partial charge on any atom is 0.308 e. The van der Waals surface area contributed by atoms with Crippen LogP contribution in [0.4, 0.5) is 0 Å². The molecule has 0 spiro atoms. The molecule has 6 heteroatoms. The number of primary amides is 1. The van der Waals surface area contributed by atoms with Crippen LogP contribution >= 0.6 is 0 Å². The summed E-state index contributed by atoms with van der Waals surface area (Å²) in [6.45, 7) is 3.11. The fourth-order valence-corrected chi connectivity index (χ4v) is 0.855. The summed E-state index contributed by atoms with van der Waals surface area (Å²) in [6.07, 6.45) is -0.233. The van der Waals surface area contributed by atoms with E-state index in [4.69, 9.17) is 5.73 Å². The minimum absolute atomic E-state index is 0.227. The lowest BCUT2D eigenvalue weighted by atomic mass is 10.2. The number of nitrogens with one attached hydrogen (secondary N) is 1. The van der Waals surface area contributed by atoms with E-state index in [1.165, 1.54) is 6.92 Å². The molecule has 0 aromatic carbocycles. The van der Waals surface area contributed by atoms with Gasteiger partial charge in [-0.1, -0.05) is 0 Å². The van der Waals surface area contributed by atoms with Crippen LogP contribution in [0.1, 0.15) is 20.3 Å². The number of esters is 1. The zero-order valence-electron chi connectivity index (χ0n) is 8.20. The first-order valence-corrected chi connectivity index (χ1v) is 4.19. The van der Waals surface area contributed by atoms with Crippen LogP contribution in [0.5, 0.6) is 0 Å². The monoisotopic (exact) mass is 202 g/mol. The lowest BCUT2D eigenvalue weighted by Crippen LogP contribution is -2.45. The van der Waals surface area contributed by atoms with Gasteiger partial charge in [0.2, 0.25) is 11.8 Å². The van der Waals surface area contributed by atoms with Crippen LogP contribution in [0.3, 0.4) is 0 Å². The van der Waals surface area contributed by atoms with Gasteiger partial charge in [-0.25, -0.2) is 0 Å². The first kappa shape index (κ1) is 12.4. The number of rotatable bonds is 5. The van der Waals surface area contributed by atoms with Crippen molar-refractivity contribution >= 4 is 17.8 Å². The molecule has 0 saturated heterocycles. The van der Waals surface area contributed by atoms with E-state index in [9.17, 15) is 14.4 Å². The molecule has 0 rings (SSSR count). The summed E-state index contributed by atoms with van der Waals surface area (Å²) >= 11 is 0. The van der Waals surface area contributed by atoms with Crippen LogP contribution in [0.15, 0.2) is 0 Å². The molecule has 0 aromatic rings. The number of hydrogen-bond donors (Lipinski definition) is 2. The highest BCUT2D eigenvalue weighted by atomic mass is 16.5. The Morgan fingerprint density at radius 1 is 1.43 bits per heavy atom. The van der Waals surface area contributed by atoms with Gasteiger partial charge in [0.25, 0.3) is 0 Å². The van der Waals surface area contributed by atoms with Crippen molar-refractivity contribution in [3.05, 3.63) is 0 Å². The Morgan fingerprint density at radius 2 is 2.00 bits per heavy atom. The second kappa shape index (κ2) is 5.95. The summed E-state index contributed by atoms with van der Waals surface area (Å²) in [5.41, 5.74) is 4.97. The molecule has 6 nitrogen and oxygen atoms in total. The van der Waals surface area contributed by atoms with Gasteiger partial charge in [0.05, 0.1) is 13.0 Å². The maximum absolute atomic E-state index is 11.0. The van der Waals surface area contributed by atoms with Crippen LogP contribution in [0.2, 0.25) is 0 Å². The van der Waals surface area contributed by atoms with E-state index in [2.05, 4.69) is 10.1 Å². The Hall–Kier alpha value is -1.59. The largest absolute Gasteiger partial charge is 0.466 e. The van der Waals surface area contributed by atoms with Gasteiger partial charge in [-0.3, -0.25) is 14.4 Å². The smallest absolute Gasteiger partial charge is 0.308 e. The fraction of sp³-hybridized carbons (Fsp3) is 0.625. The van der Waals surface area contributed by atoms with E-state index < -0.39 is 23.8 Å². The van der Waals surface area contributed by atoms with Crippen molar-refractivity contribution in [3.8, 4) is 0 Å². The first-order chi connectivity index (χ1) is 6.47. The van der Waals surface area contributed by atoms with Crippen molar-refractivity contribution in [2.75, 3.05) is 6.61 Å². The molecule has 0 aliphatic carbocycles. The van der Waals surface area contributed by atoms with E-state index in [1.807, 2.05) is 0 Å². The van der Waals surface area contributed by atoms with Gasteiger partial charge in [0, 0.05) is 6.92 Å². The van der Waals surface area contributed by atoms with Gasteiger partial charge >= 0.3 is 5.97 Å². The Labute approximate surface area is 81.8 Å². The fourth-order valence-electron chi connectivity index (χ4n) is 0.855. The second-order valence-corrected chi connectivity index (χ2v) is 2.66. The number of amides is 2. The van der Waals surface area contributed by atoms with Crippen LogP contribution in [-0.2, 0) is 19.1 Å². The third-order valence-electron chi connectivity index (χ3n) is 1.40. The van der Waals surface area contributed by atoms with Crippen molar-refractivity contribution in [1.29, 1.82) is 0 Å². The zero-order chi connectivity index (χ0) is 11.1. The van der Waals surface area contributed by atoms with E-state index in [1.54, 1.807) is 6.92 Å². The Kier molecular flexibility index (Phi) is 5.28. The standard InChI is InChI=1S/C8H14N2O4/c1-3-14-7(12)4-6(8(9)13)10-5(2)11/h6H,3-4H2,1-2H3,(H2,9,13)(H,10,11)/t6-/m0/s1. The van der Waals surface area contributed by atoms with Crippen LogP contribution in [-0.4, -0.2) is 30.4 Å². The van der Waals surface area contributed by atoms with Crippen molar-refractivity contribution < 1.29 is 19.1 Å². The SMILES string of the molecule is CCOC(=O)C[C@H](NC(C)=O)C(N)=O. The molecule has 0 unspecified atom stereocenters. The number of carbonyl (C=O) groups excluding carboxylic acids is 3. The molecule has 0 radical (unpaired) electrons. The topological polar surface area (TPSA) is 98.5 Å². The summed E-state index contributed by atoms with van der Waals surface area (Å²) in [6, 6.07) is -0.994. The normalized spacial score (nSPS) is 11.6. The molecule has 3 N–H and O–H groups in total. The molecule has 0 fully saturated rings. The third-order valence-corrected chi connectivity index (χ3v) is 1.40. The van der Waals surface area contributed by atoms with E-state index in [-0.39, 0.29) is 13.0 Å². The molecular formula is C8H14N2O4. The average Bonchev–Trinajstić information content (AvgIpc) is 2.02. The van der Waals surface area contributed by atoms with Crippen molar-refractivity contribution in [3.63, 3.8) is 0 Å². The summed E-state index contributed by atoms with van der Waals surface area (Å²) < 4.78 is 4.61. The van der Waals surface area contributed by atoms with Crippen LogP contribution < -0.4 is 11.1 Å². The number of nitrogens with two attached hydrogens (primary N) is 1. The summed E-state index contributed by atoms with van der Waals surface area (Å²) in [7, 11) is 0. The van der Waals surface area contributed by atoms with Crippen LogP contribution in [0.25, 0.3) is 0 Å². The molecule has 0 heterocycles. The van der Waals surface area contributed by atoms with Crippen molar-refractivity contribution in [2.24, 2.45) is 5.73 Å². The maximum atomic E-state index is 11.0. The molecule has 0 aliphatic heterocycles. The Balaban J connectivity index is 4.16. The van der Waals surface area contributed by atoms with Gasteiger partial charge in [-0.15, -0.1) is 0 Å². The third kappa shape index (κ3) is 5.13. The van der Waals surface area contributed by atoms with Gasteiger partial charge in [0.1, 0.15) is 6.04 Å². The second-order valence-electron chi connectivity index (χ2n) is 2.66. The molecule has 0 saturated carbocycles. The Bertz CT molecular complexity index is 239. The van der Waals surface area contributed by atoms with E-state index >= 15 is 0 Å². The molecule has 0 aromatic heterocycles. The zero-order valence-corrected chi connectivity index (χ0v) is 8.20. The molecular weight excluding hydrogens is 188 g/mol. The minimum Gasteiger partial charge on any atom is -0.466 e.